The van der Waals surface area contributed by atoms with Gasteiger partial charge in [-0.3, -0.25) is 9.59 Å². The molecule has 1 saturated heterocycles. The molecule has 5 nitrogen and oxygen atoms in total. The SMILES string of the molecule is Cc1cc(C(=O)N2CCCC2)ccc1NCC(=O)Nc1cccc(Cl)c1. The summed E-state index contributed by atoms with van der Waals surface area (Å²) >= 11 is 5.91. The summed E-state index contributed by atoms with van der Waals surface area (Å²) < 4.78 is 0. The Morgan fingerprint density at radius 3 is 2.58 bits per heavy atom. The van der Waals surface area contributed by atoms with E-state index in [4.69, 9.17) is 11.6 Å². The molecule has 2 amide bonds. The van der Waals surface area contributed by atoms with Gasteiger partial charge in [0, 0.05) is 35.1 Å². The first-order chi connectivity index (χ1) is 12.5. The zero-order valence-corrected chi connectivity index (χ0v) is 15.5. The molecule has 0 bridgehead atoms. The molecule has 2 aromatic rings. The largest absolute Gasteiger partial charge is 0.376 e. The smallest absolute Gasteiger partial charge is 0.253 e. The highest BCUT2D eigenvalue weighted by Crippen LogP contribution is 2.20. The van der Waals surface area contributed by atoms with Crippen LogP contribution in [0.1, 0.15) is 28.8 Å². The quantitative estimate of drug-likeness (QED) is 0.837. The molecule has 2 aromatic carbocycles. The van der Waals surface area contributed by atoms with Gasteiger partial charge in [-0.25, -0.2) is 0 Å². The number of halogens is 1. The maximum absolute atomic E-state index is 12.4. The number of hydrogen-bond acceptors (Lipinski definition) is 3. The van der Waals surface area contributed by atoms with Gasteiger partial charge in [0.2, 0.25) is 5.91 Å². The van der Waals surface area contributed by atoms with E-state index in [9.17, 15) is 9.59 Å². The van der Waals surface area contributed by atoms with Gasteiger partial charge in [0.1, 0.15) is 0 Å². The molecule has 136 valence electrons. The van der Waals surface area contributed by atoms with Crippen molar-refractivity contribution in [2.75, 3.05) is 30.3 Å². The molecule has 0 atom stereocenters. The highest BCUT2D eigenvalue weighted by atomic mass is 35.5. The third-order valence-corrected chi connectivity index (χ3v) is 4.65. The van der Waals surface area contributed by atoms with Gasteiger partial charge in [0.15, 0.2) is 0 Å². The summed E-state index contributed by atoms with van der Waals surface area (Å²) in [5.41, 5.74) is 3.13. The fourth-order valence-electron chi connectivity index (χ4n) is 3.04. The van der Waals surface area contributed by atoms with Gasteiger partial charge in [0.05, 0.1) is 6.54 Å². The lowest BCUT2D eigenvalue weighted by Gasteiger charge is -2.16. The van der Waals surface area contributed by atoms with Crippen LogP contribution in [-0.2, 0) is 4.79 Å². The van der Waals surface area contributed by atoms with Crippen molar-refractivity contribution in [3.63, 3.8) is 0 Å². The number of carbonyl (C=O) groups is 2. The summed E-state index contributed by atoms with van der Waals surface area (Å²) in [5.74, 6) is -0.0836. The minimum atomic E-state index is -0.163. The number of benzene rings is 2. The van der Waals surface area contributed by atoms with Crippen LogP contribution < -0.4 is 10.6 Å². The van der Waals surface area contributed by atoms with Crippen LogP contribution in [0.4, 0.5) is 11.4 Å². The van der Waals surface area contributed by atoms with Gasteiger partial charge in [0.25, 0.3) is 5.91 Å². The van der Waals surface area contributed by atoms with Crippen LogP contribution in [0.3, 0.4) is 0 Å². The van der Waals surface area contributed by atoms with E-state index in [0.29, 0.717) is 16.3 Å². The summed E-state index contributed by atoms with van der Waals surface area (Å²) in [4.78, 5) is 26.4. The molecule has 26 heavy (non-hydrogen) atoms. The lowest BCUT2D eigenvalue weighted by Crippen LogP contribution is -2.27. The number of likely N-dealkylation sites (tertiary alicyclic amines) is 1. The Bertz CT molecular complexity index is 816. The van der Waals surface area contributed by atoms with Crippen molar-refractivity contribution >= 4 is 34.8 Å². The molecule has 6 heteroatoms. The van der Waals surface area contributed by atoms with Gasteiger partial charge in [-0.1, -0.05) is 17.7 Å². The third-order valence-electron chi connectivity index (χ3n) is 4.41. The number of carbonyl (C=O) groups excluding carboxylic acids is 2. The molecule has 2 N–H and O–H groups in total. The first-order valence-corrected chi connectivity index (χ1v) is 9.10. The predicted molar refractivity (Wildman–Crippen MR) is 105 cm³/mol. The van der Waals surface area contributed by atoms with Crippen molar-refractivity contribution in [2.24, 2.45) is 0 Å². The van der Waals surface area contributed by atoms with Crippen molar-refractivity contribution in [1.82, 2.24) is 4.90 Å². The van der Waals surface area contributed by atoms with Crippen LogP contribution in [-0.4, -0.2) is 36.3 Å². The normalized spacial score (nSPS) is 13.5. The number of amides is 2. The summed E-state index contributed by atoms with van der Waals surface area (Å²) in [6.45, 7) is 3.73. The predicted octanol–water partition coefficient (Wildman–Crippen LogP) is 3.94. The van der Waals surface area contributed by atoms with Crippen LogP contribution in [0, 0.1) is 6.92 Å². The monoisotopic (exact) mass is 371 g/mol. The van der Waals surface area contributed by atoms with Crippen LogP contribution >= 0.6 is 11.6 Å². The number of aryl methyl sites for hydroxylation is 1. The second kappa shape index (κ2) is 8.23. The second-order valence-electron chi connectivity index (χ2n) is 6.44. The average Bonchev–Trinajstić information content (AvgIpc) is 3.14. The summed E-state index contributed by atoms with van der Waals surface area (Å²) in [7, 11) is 0. The van der Waals surface area contributed by atoms with Crippen LogP contribution in [0.2, 0.25) is 5.02 Å². The van der Waals surface area contributed by atoms with Crippen LogP contribution in [0.15, 0.2) is 42.5 Å². The topological polar surface area (TPSA) is 61.4 Å². The highest BCUT2D eigenvalue weighted by Gasteiger charge is 2.19. The Morgan fingerprint density at radius 2 is 1.88 bits per heavy atom. The van der Waals surface area contributed by atoms with E-state index in [-0.39, 0.29) is 18.4 Å². The lowest BCUT2D eigenvalue weighted by atomic mass is 10.1. The molecule has 1 aliphatic rings. The number of anilines is 2. The third kappa shape index (κ3) is 4.55. The van der Waals surface area contributed by atoms with Gasteiger partial charge in [-0.05, 0) is 61.7 Å². The molecule has 0 aliphatic carbocycles. The summed E-state index contributed by atoms with van der Waals surface area (Å²) in [6.07, 6.45) is 2.15. The molecule has 0 radical (unpaired) electrons. The van der Waals surface area contributed by atoms with Crippen molar-refractivity contribution in [2.45, 2.75) is 19.8 Å². The zero-order chi connectivity index (χ0) is 18.5. The standard InChI is InChI=1S/C20H22ClN3O2/c1-14-11-15(20(26)24-9-2-3-10-24)7-8-18(14)22-13-19(25)23-17-6-4-5-16(21)12-17/h4-8,11-12,22H,2-3,9-10,13H2,1H3,(H,23,25). The fourth-order valence-corrected chi connectivity index (χ4v) is 3.24. The van der Waals surface area contributed by atoms with Crippen molar-refractivity contribution < 1.29 is 9.59 Å². The molecule has 1 heterocycles. The van der Waals surface area contributed by atoms with E-state index < -0.39 is 0 Å². The van der Waals surface area contributed by atoms with Gasteiger partial charge < -0.3 is 15.5 Å². The Kier molecular flexibility index (Phi) is 5.78. The van der Waals surface area contributed by atoms with Gasteiger partial charge in [-0.15, -0.1) is 0 Å². The average molecular weight is 372 g/mol. The summed E-state index contributed by atoms with van der Waals surface area (Å²) in [5, 5.41) is 6.48. The molecule has 0 unspecified atom stereocenters. The van der Waals surface area contributed by atoms with E-state index in [1.54, 1.807) is 24.3 Å². The maximum atomic E-state index is 12.4. The molecular formula is C20H22ClN3O2. The van der Waals surface area contributed by atoms with Crippen molar-refractivity contribution in [3.8, 4) is 0 Å². The van der Waals surface area contributed by atoms with Crippen molar-refractivity contribution in [3.05, 3.63) is 58.6 Å². The van der Waals surface area contributed by atoms with Gasteiger partial charge >= 0.3 is 0 Å². The van der Waals surface area contributed by atoms with E-state index in [0.717, 1.165) is 37.2 Å². The van der Waals surface area contributed by atoms with Crippen molar-refractivity contribution in [1.29, 1.82) is 0 Å². The number of rotatable bonds is 5. The van der Waals surface area contributed by atoms with E-state index in [1.165, 1.54) is 0 Å². The molecule has 0 spiro atoms. The Morgan fingerprint density at radius 1 is 1.12 bits per heavy atom. The van der Waals surface area contributed by atoms with Crippen LogP contribution in [0.25, 0.3) is 0 Å². The van der Waals surface area contributed by atoms with Gasteiger partial charge in [-0.2, -0.15) is 0 Å². The Balaban J connectivity index is 1.58. The maximum Gasteiger partial charge on any atom is 0.253 e. The first-order valence-electron chi connectivity index (χ1n) is 8.72. The van der Waals surface area contributed by atoms with E-state index in [2.05, 4.69) is 10.6 Å². The first kappa shape index (κ1) is 18.3. The molecular weight excluding hydrogens is 350 g/mol. The molecule has 3 rings (SSSR count). The minimum Gasteiger partial charge on any atom is -0.376 e. The Hall–Kier alpha value is -2.53. The summed E-state index contributed by atoms with van der Waals surface area (Å²) in [6, 6.07) is 12.6. The lowest BCUT2D eigenvalue weighted by molar-refractivity contribution is -0.114. The minimum absolute atomic E-state index is 0.0795. The second-order valence-corrected chi connectivity index (χ2v) is 6.88. The highest BCUT2D eigenvalue weighted by molar-refractivity contribution is 6.30. The van der Waals surface area contributed by atoms with E-state index >= 15 is 0 Å². The fraction of sp³-hybridized carbons (Fsp3) is 0.300. The molecule has 0 saturated carbocycles. The van der Waals surface area contributed by atoms with E-state index in [1.807, 2.05) is 30.0 Å². The number of nitrogens with zero attached hydrogens (tertiary/aromatic N) is 1. The number of hydrogen-bond donors (Lipinski definition) is 2. The molecule has 0 aromatic heterocycles. The number of nitrogens with one attached hydrogen (secondary N) is 2. The molecule has 1 fully saturated rings. The molecule has 1 aliphatic heterocycles. The zero-order valence-electron chi connectivity index (χ0n) is 14.7. The van der Waals surface area contributed by atoms with Crippen LogP contribution in [0.5, 0.6) is 0 Å². The Labute approximate surface area is 158 Å².